The lowest BCUT2D eigenvalue weighted by molar-refractivity contribution is -0.137. The predicted molar refractivity (Wildman–Crippen MR) is 140 cm³/mol. The van der Waals surface area contributed by atoms with Gasteiger partial charge < -0.3 is 26.7 Å². The van der Waals surface area contributed by atoms with Crippen LogP contribution < -0.4 is 27.2 Å². The van der Waals surface area contributed by atoms with Crippen molar-refractivity contribution in [3.8, 4) is 11.4 Å². The van der Waals surface area contributed by atoms with E-state index in [2.05, 4.69) is 25.9 Å². The zero-order valence-corrected chi connectivity index (χ0v) is 21.0. The maximum atomic E-state index is 14.6. The molecule has 2 aromatic carbocycles. The van der Waals surface area contributed by atoms with Crippen molar-refractivity contribution >= 4 is 28.2 Å². The van der Waals surface area contributed by atoms with Crippen molar-refractivity contribution < 1.29 is 17.6 Å². The molecule has 0 spiro atoms. The van der Waals surface area contributed by atoms with Gasteiger partial charge >= 0.3 is 6.18 Å². The third kappa shape index (κ3) is 8.13. The summed E-state index contributed by atoms with van der Waals surface area (Å²) in [5.74, 6) is -0.760. The molecule has 12 heteroatoms. The van der Waals surface area contributed by atoms with Crippen molar-refractivity contribution in [3.05, 3.63) is 57.1 Å². The van der Waals surface area contributed by atoms with Gasteiger partial charge in [-0.3, -0.25) is 4.79 Å². The molecule has 0 amide bonds. The summed E-state index contributed by atoms with van der Waals surface area (Å²) in [6, 6.07) is 5.78. The number of nitrogens with zero attached hydrogens (tertiary/aromatic N) is 1. The number of alkyl halides is 3. The Balaban J connectivity index is 1.60. The second-order valence-corrected chi connectivity index (χ2v) is 8.94. The lowest BCUT2D eigenvalue weighted by Crippen LogP contribution is -2.22. The quantitative estimate of drug-likeness (QED) is 0.151. The van der Waals surface area contributed by atoms with Crippen molar-refractivity contribution in [2.75, 3.05) is 44.6 Å². The van der Waals surface area contributed by atoms with Crippen LogP contribution in [-0.4, -0.2) is 49.2 Å². The highest BCUT2D eigenvalue weighted by Gasteiger charge is 2.34. The number of hydrogen-bond acceptors (Lipinski definition) is 6. The Morgan fingerprint density at radius 2 is 1.65 bits per heavy atom. The Hall–Kier alpha value is -2.73. The zero-order valence-electron chi connectivity index (χ0n) is 20.3. The van der Waals surface area contributed by atoms with Crippen molar-refractivity contribution in [2.45, 2.75) is 31.9 Å². The van der Waals surface area contributed by atoms with Crippen LogP contribution in [0.1, 0.15) is 31.2 Å². The molecule has 0 aliphatic heterocycles. The Bertz CT molecular complexity index is 1230. The van der Waals surface area contributed by atoms with Gasteiger partial charge in [0, 0.05) is 12.1 Å². The van der Waals surface area contributed by atoms with Crippen LogP contribution in [0.3, 0.4) is 0 Å². The molecule has 0 saturated carbocycles. The number of rotatable bonds is 14. The third-order valence-corrected chi connectivity index (χ3v) is 6.12. The van der Waals surface area contributed by atoms with Crippen molar-refractivity contribution in [1.29, 1.82) is 0 Å². The molecule has 0 radical (unpaired) electrons. The van der Waals surface area contributed by atoms with Gasteiger partial charge in [-0.2, -0.15) is 13.2 Å². The van der Waals surface area contributed by atoms with Crippen molar-refractivity contribution in [2.24, 2.45) is 5.73 Å². The van der Waals surface area contributed by atoms with E-state index in [9.17, 15) is 22.4 Å². The van der Waals surface area contributed by atoms with E-state index in [1.165, 1.54) is 18.2 Å². The summed E-state index contributed by atoms with van der Waals surface area (Å²) in [6.07, 6.45) is -0.846. The summed E-state index contributed by atoms with van der Waals surface area (Å²) in [5.41, 5.74) is 3.93. The predicted octanol–water partition coefficient (Wildman–Crippen LogP) is 4.51. The number of aromatic amines is 1. The molecule has 7 nitrogen and oxygen atoms in total. The summed E-state index contributed by atoms with van der Waals surface area (Å²) < 4.78 is 54.3. The molecule has 37 heavy (non-hydrogen) atoms. The molecule has 0 atom stereocenters. The molecule has 0 aliphatic rings. The van der Waals surface area contributed by atoms with Crippen LogP contribution in [0.15, 0.2) is 35.1 Å². The molecular weight excluding hydrogens is 512 g/mol. The van der Waals surface area contributed by atoms with E-state index in [4.69, 9.17) is 17.3 Å². The first-order valence-corrected chi connectivity index (χ1v) is 12.5. The fourth-order valence-corrected chi connectivity index (χ4v) is 4.09. The summed E-state index contributed by atoms with van der Waals surface area (Å²) in [7, 11) is 0. The van der Waals surface area contributed by atoms with E-state index in [-0.39, 0.29) is 28.0 Å². The Morgan fingerprint density at radius 3 is 2.32 bits per heavy atom. The molecule has 0 saturated heterocycles. The highest BCUT2D eigenvalue weighted by atomic mass is 35.5. The standard InChI is InChI=1S/C25H31ClF4N6O/c26-22-16(6-3-7-18(22)25(28,29)30)23-35-20-15-21(19(27)14-17(20)24(37)36-23)34-13-5-12-33-10-2-1-9-32-11-4-8-31/h3,6-7,14-15,32-34H,1-2,4-5,8-13,31H2,(H,35,36,37). The number of unbranched alkanes of at least 4 members (excludes halogenated alkanes) is 1. The largest absolute Gasteiger partial charge is 0.417 e. The van der Waals surface area contributed by atoms with Gasteiger partial charge in [0.2, 0.25) is 0 Å². The lowest BCUT2D eigenvalue weighted by Gasteiger charge is -2.13. The normalized spacial score (nSPS) is 11.8. The fourth-order valence-electron chi connectivity index (χ4n) is 3.77. The number of nitrogens with two attached hydrogens (primary N) is 1. The highest BCUT2D eigenvalue weighted by Crippen LogP contribution is 2.39. The van der Waals surface area contributed by atoms with Gasteiger partial charge in [0.25, 0.3) is 5.56 Å². The number of halogens is 5. The fraction of sp³-hybridized carbons (Fsp3) is 0.440. The van der Waals surface area contributed by atoms with Gasteiger partial charge in [-0.15, -0.1) is 0 Å². The average Bonchev–Trinajstić information content (AvgIpc) is 2.84. The number of H-pyrrole nitrogens is 1. The SMILES string of the molecule is NCCCNCCCCNCCCNc1cc2nc(-c3cccc(C(F)(F)F)c3Cl)[nH]c(=O)c2cc1F. The van der Waals surface area contributed by atoms with E-state index in [1.54, 1.807) is 0 Å². The minimum absolute atomic E-state index is 0.0194. The van der Waals surface area contributed by atoms with E-state index in [0.717, 1.165) is 64.0 Å². The monoisotopic (exact) mass is 542 g/mol. The number of fused-ring (bicyclic) bond motifs is 1. The van der Waals surface area contributed by atoms with Gasteiger partial charge in [0.1, 0.15) is 11.6 Å². The second-order valence-electron chi connectivity index (χ2n) is 8.56. The molecule has 6 N–H and O–H groups in total. The Labute approximate surface area is 217 Å². The molecule has 3 aromatic rings. The van der Waals surface area contributed by atoms with Crippen molar-refractivity contribution in [1.82, 2.24) is 20.6 Å². The van der Waals surface area contributed by atoms with Crippen LogP contribution in [0.2, 0.25) is 5.02 Å². The number of benzene rings is 2. The van der Waals surface area contributed by atoms with Crippen LogP contribution in [0.25, 0.3) is 22.3 Å². The third-order valence-electron chi connectivity index (χ3n) is 5.71. The number of nitrogens with one attached hydrogen (secondary N) is 4. The smallest absolute Gasteiger partial charge is 0.383 e. The minimum Gasteiger partial charge on any atom is -0.383 e. The molecule has 0 fully saturated rings. The zero-order chi connectivity index (χ0) is 26.8. The van der Waals surface area contributed by atoms with Gasteiger partial charge in [0.05, 0.1) is 27.2 Å². The van der Waals surface area contributed by atoms with Crippen LogP contribution >= 0.6 is 11.6 Å². The van der Waals surface area contributed by atoms with Gasteiger partial charge in [0.15, 0.2) is 0 Å². The topological polar surface area (TPSA) is 108 Å². The maximum absolute atomic E-state index is 14.6. The van der Waals surface area contributed by atoms with E-state index >= 15 is 0 Å². The molecule has 0 unspecified atom stereocenters. The van der Waals surface area contributed by atoms with Gasteiger partial charge in [-0.1, -0.05) is 17.7 Å². The lowest BCUT2D eigenvalue weighted by atomic mass is 10.1. The molecule has 1 heterocycles. The Morgan fingerprint density at radius 1 is 0.973 bits per heavy atom. The highest BCUT2D eigenvalue weighted by molar-refractivity contribution is 6.34. The van der Waals surface area contributed by atoms with E-state index in [0.29, 0.717) is 13.1 Å². The van der Waals surface area contributed by atoms with Crippen molar-refractivity contribution in [3.63, 3.8) is 0 Å². The Kier molecular flexibility index (Phi) is 10.7. The molecule has 202 valence electrons. The van der Waals surface area contributed by atoms with E-state index < -0.39 is 28.1 Å². The molecule has 0 aliphatic carbocycles. The summed E-state index contributed by atoms with van der Waals surface area (Å²) in [6.45, 7) is 4.70. The summed E-state index contributed by atoms with van der Waals surface area (Å²) >= 11 is 5.98. The number of hydrogen-bond donors (Lipinski definition) is 5. The number of anilines is 1. The van der Waals surface area contributed by atoms with Gasteiger partial charge in [-0.05, 0) is 82.7 Å². The van der Waals surface area contributed by atoms with E-state index in [1.807, 2.05) is 0 Å². The summed E-state index contributed by atoms with van der Waals surface area (Å²) in [5, 5.41) is 9.07. The van der Waals surface area contributed by atoms with Crippen LogP contribution in [0.4, 0.5) is 23.2 Å². The average molecular weight is 543 g/mol. The summed E-state index contributed by atoms with van der Waals surface area (Å²) in [4.78, 5) is 19.2. The minimum atomic E-state index is -4.67. The number of aromatic nitrogens is 2. The van der Waals surface area contributed by atoms with Crippen LogP contribution in [0, 0.1) is 5.82 Å². The first kappa shape index (κ1) is 28.8. The molecule has 3 rings (SSSR count). The molecule has 0 bridgehead atoms. The van der Waals surface area contributed by atoms with Gasteiger partial charge in [-0.25, -0.2) is 9.37 Å². The van der Waals surface area contributed by atoms with Crippen LogP contribution in [-0.2, 0) is 6.18 Å². The second kappa shape index (κ2) is 13.7. The maximum Gasteiger partial charge on any atom is 0.417 e. The molecular formula is C25H31ClF4N6O. The molecule has 1 aromatic heterocycles. The first-order chi connectivity index (χ1) is 17.7. The first-order valence-electron chi connectivity index (χ1n) is 12.2. The van der Waals surface area contributed by atoms with Crippen LogP contribution in [0.5, 0.6) is 0 Å².